The minimum absolute atomic E-state index is 0.0522. The maximum atomic E-state index is 11.9. The van der Waals surface area contributed by atoms with Gasteiger partial charge in [0.15, 0.2) is 0 Å². The van der Waals surface area contributed by atoms with E-state index in [4.69, 9.17) is 9.84 Å². The summed E-state index contributed by atoms with van der Waals surface area (Å²) in [5.74, 6) is -1.37. The summed E-state index contributed by atoms with van der Waals surface area (Å²) in [6.07, 6.45) is 4.35. The fourth-order valence-electron chi connectivity index (χ4n) is 2.77. The van der Waals surface area contributed by atoms with Crippen LogP contribution < -0.4 is 5.32 Å². The Balaban J connectivity index is 1.73. The highest BCUT2D eigenvalue weighted by Gasteiger charge is 2.33. The van der Waals surface area contributed by atoms with Crippen LogP contribution in [0.4, 0.5) is 4.79 Å². The van der Waals surface area contributed by atoms with Gasteiger partial charge in [-0.2, -0.15) is 0 Å². The number of alkyl carbamates (subject to hydrolysis) is 1. The Morgan fingerprint density at radius 2 is 1.85 bits per heavy atom. The molecule has 0 spiro atoms. The predicted octanol–water partition coefficient (Wildman–Crippen LogP) is 0.731. The monoisotopic (exact) mass is 284 g/mol. The third-order valence-electron chi connectivity index (χ3n) is 3.82. The number of nitrogens with zero attached hydrogens (tertiary/aromatic N) is 1. The lowest BCUT2D eigenvalue weighted by molar-refractivity contribution is -0.147. The minimum Gasteiger partial charge on any atom is -0.480 e. The van der Waals surface area contributed by atoms with Crippen LogP contribution in [0, 0.1) is 0 Å². The molecule has 7 nitrogen and oxygen atoms in total. The van der Waals surface area contributed by atoms with Crippen molar-refractivity contribution in [1.29, 1.82) is 0 Å². The van der Waals surface area contributed by atoms with Crippen molar-refractivity contribution >= 4 is 18.0 Å². The second-order valence-electron chi connectivity index (χ2n) is 5.25. The van der Waals surface area contributed by atoms with Crippen molar-refractivity contribution in [2.24, 2.45) is 0 Å². The van der Waals surface area contributed by atoms with Crippen molar-refractivity contribution in [1.82, 2.24) is 10.2 Å². The lowest BCUT2D eigenvalue weighted by Crippen LogP contribution is -2.45. The Bertz CT molecular complexity index is 392. The first-order valence-electron chi connectivity index (χ1n) is 7.04. The number of carboxylic acids is 1. The highest BCUT2D eigenvalue weighted by atomic mass is 16.6. The van der Waals surface area contributed by atoms with Gasteiger partial charge in [-0.3, -0.25) is 4.79 Å². The second-order valence-corrected chi connectivity index (χ2v) is 5.25. The maximum absolute atomic E-state index is 11.9. The first-order valence-corrected chi connectivity index (χ1v) is 7.04. The summed E-state index contributed by atoms with van der Waals surface area (Å²) in [6.45, 7) is 0.213. The second kappa shape index (κ2) is 6.58. The van der Waals surface area contributed by atoms with Crippen molar-refractivity contribution in [3.05, 3.63) is 0 Å². The van der Waals surface area contributed by atoms with Crippen LogP contribution in [0.5, 0.6) is 0 Å². The van der Waals surface area contributed by atoms with Gasteiger partial charge in [0, 0.05) is 6.54 Å². The largest absolute Gasteiger partial charge is 0.480 e. The molecule has 0 radical (unpaired) electrons. The highest BCUT2D eigenvalue weighted by molar-refractivity contribution is 5.87. The molecule has 1 heterocycles. The number of aliphatic carboxylic acids is 1. The van der Waals surface area contributed by atoms with Crippen molar-refractivity contribution in [2.75, 3.05) is 13.1 Å². The molecule has 1 saturated carbocycles. The van der Waals surface area contributed by atoms with Crippen LogP contribution in [0.25, 0.3) is 0 Å². The zero-order chi connectivity index (χ0) is 14.5. The van der Waals surface area contributed by atoms with E-state index in [1.165, 1.54) is 4.90 Å². The Kier molecular flexibility index (Phi) is 4.81. The topological polar surface area (TPSA) is 95.9 Å². The maximum Gasteiger partial charge on any atom is 0.407 e. The molecule has 1 aliphatic heterocycles. The molecule has 0 aromatic rings. The third-order valence-corrected chi connectivity index (χ3v) is 3.82. The van der Waals surface area contributed by atoms with Gasteiger partial charge in [0.1, 0.15) is 18.7 Å². The molecular weight excluding hydrogens is 264 g/mol. The van der Waals surface area contributed by atoms with Gasteiger partial charge in [0.2, 0.25) is 5.91 Å². The molecule has 2 aliphatic rings. The molecule has 0 aromatic heterocycles. The van der Waals surface area contributed by atoms with Gasteiger partial charge >= 0.3 is 12.1 Å². The van der Waals surface area contributed by atoms with Crippen LogP contribution >= 0.6 is 0 Å². The number of rotatable bonds is 4. The minimum atomic E-state index is -0.996. The Labute approximate surface area is 117 Å². The van der Waals surface area contributed by atoms with E-state index in [0.717, 1.165) is 25.7 Å². The number of carboxylic acid groups (broad SMARTS) is 1. The molecule has 1 aliphatic carbocycles. The summed E-state index contributed by atoms with van der Waals surface area (Å²) in [7, 11) is 0. The normalized spacial score (nSPS) is 22.8. The van der Waals surface area contributed by atoms with E-state index in [-0.39, 0.29) is 18.6 Å². The van der Waals surface area contributed by atoms with Gasteiger partial charge < -0.3 is 20.1 Å². The number of carbonyl (C=O) groups excluding carboxylic acids is 2. The van der Waals surface area contributed by atoms with Crippen LogP contribution in [-0.2, 0) is 14.3 Å². The summed E-state index contributed by atoms with van der Waals surface area (Å²) in [5.41, 5.74) is 0. The number of likely N-dealkylation sites (tertiary alicyclic amines) is 1. The average molecular weight is 284 g/mol. The predicted molar refractivity (Wildman–Crippen MR) is 69.1 cm³/mol. The SMILES string of the molecule is O=C(NCC(=O)N1CCC[C@H]1C(=O)O)OC1CCCC1. The first-order chi connectivity index (χ1) is 9.58. The molecule has 2 N–H and O–H groups in total. The van der Waals surface area contributed by atoms with E-state index < -0.39 is 18.1 Å². The molecule has 2 rings (SSSR count). The molecule has 112 valence electrons. The summed E-state index contributed by atoms with van der Waals surface area (Å²) < 4.78 is 5.16. The van der Waals surface area contributed by atoms with E-state index in [1.807, 2.05) is 0 Å². The van der Waals surface area contributed by atoms with E-state index >= 15 is 0 Å². The summed E-state index contributed by atoms with van der Waals surface area (Å²) in [4.78, 5) is 35.7. The van der Waals surface area contributed by atoms with E-state index in [2.05, 4.69) is 5.32 Å². The van der Waals surface area contributed by atoms with Gasteiger partial charge in [-0.05, 0) is 38.5 Å². The zero-order valence-electron chi connectivity index (χ0n) is 11.3. The van der Waals surface area contributed by atoms with Crippen LogP contribution in [0.15, 0.2) is 0 Å². The van der Waals surface area contributed by atoms with Gasteiger partial charge in [0.05, 0.1) is 0 Å². The van der Waals surface area contributed by atoms with Crippen LogP contribution in [0.2, 0.25) is 0 Å². The molecule has 0 aromatic carbocycles. The number of hydrogen-bond donors (Lipinski definition) is 2. The zero-order valence-corrected chi connectivity index (χ0v) is 11.3. The molecule has 2 amide bonds. The van der Waals surface area contributed by atoms with Crippen molar-refractivity contribution in [2.45, 2.75) is 50.7 Å². The molecule has 20 heavy (non-hydrogen) atoms. The highest BCUT2D eigenvalue weighted by Crippen LogP contribution is 2.21. The quantitative estimate of drug-likeness (QED) is 0.793. The lowest BCUT2D eigenvalue weighted by atomic mass is 10.2. The molecular formula is C13H20N2O5. The van der Waals surface area contributed by atoms with E-state index in [1.54, 1.807) is 0 Å². The molecule has 2 fully saturated rings. The molecule has 1 saturated heterocycles. The number of nitrogens with one attached hydrogen (secondary N) is 1. The van der Waals surface area contributed by atoms with Crippen LogP contribution in [0.3, 0.4) is 0 Å². The molecule has 0 bridgehead atoms. The van der Waals surface area contributed by atoms with Crippen molar-refractivity contribution in [3.8, 4) is 0 Å². The van der Waals surface area contributed by atoms with E-state index in [0.29, 0.717) is 19.4 Å². The van der Waals surface area contributed by atoms with Crippen LogP contribution in [0.1, 0.15) is 38.5 Å². The molecule has 7 heteroatoms. The van der Waals surface area contributed by atoms with Gasteiger partial charge in [-0.25, -0.2) is 9.59 Å². The number of carbonyl (C=O) groups is 3. The molecule has 1 atom stereocenters. The third kappa shape index (κ3) is 3.61. The van der Waals surface area contributed by atoms with Crippen molar-refractivity contribution in [3.63, 3.8) is 0 Å². The smallest absolute Gasteiger partial charge is 0.407 e. The fourth-order valence-corrected chi connectivity index (χ4v) is 2.77. The Hall–Kier alpha value is -1.79. The Morgan fingerprint density at radius 3 is 2.50 bits per heavy atom. The van der Waals surface area contributed by atoms with E-state index in [9.17, 15) is 14.4 Å². The fraction of sp³-hybridized carbons (Fsp3) is 0.769. The van der Waals surface area contributed by atoms with Gasteiger partial charge in [-0.1, -0.05) is 0 Å². The Morgan fingerprint density at radius 1 is 1.15 bits per heavy atom. The summed E-state index contributed by atoms with van der Waals surface area (Å²) >= 11 is 0. The number of amides is 2. The van der Waals surface area contributed by atoms with Crippen molar-refractivity contribution < 1.29 is 24.2 Å². The lowest BCUT2D eigenvalue weighted by Gasteiger charge is -2.21. The van der Waals surface area contributed by atoms with Crippen LogP contribution in [-0.4, -0.2) is 53.2 Å². The molecule has 0 unspecified atom stereocenters. The number of hydrogen-bond acceptors (Lipinski definition) is 4. The summed E-state index contributed by atoms with van der Waals surface area (Å²) in [6, 6.07) is -0.768. The van der Waals surface area contributed by atoms with Gasteiger partial charge in [0.25, 0.3) is 0 Å². The van der Waals surface area contributed by atoms with Gasteiger partial charge in [-0.15, -0.1) is 0 Å². The first kappa shape index (κ1) is 14.6. The standard InChI is InChI=1S/C13H20N2O5/c16-11(15-7-3-6-10(15)12(17)18)8-14-13(19)20-9-4-1-2-5-9/h9-10H,1-8H2,(H,14,19)(H,17,18)/t10-/m0/s1. The number of ether oxygens (including phenoxy) is 1. The summed E-state index contributed by atoms with van der Waals surface area (Å²) in [5, 5.41) is 11.4. The average Bonchev–Trinajstić information content (AvgIpc) is 3.06.